The topological polar surface area (TPSA) is 68.3 Å². The first-order chi connectivity index (χ1) is 11.2. The Morgan fingerprint density at radius 2 is 1.21 bits per heavy atom. The number of rotatable bonds is 6. The molecule has 0 aliphatic carbocycles. The highest BCUT2D eigenvalue weighted by atomic mass is 32.2. The van der Waals surface area contributed by atoms with Crippen molar-refractivity contribution in [2.75, 3.05) is 5.75 Å². The van der Waals surface area contributed by atoms with Crippen molar-refractivity contribution < 1.29 is 16.8 Å². The molecule has 2 rings (SSSR count). The molecule has 0 aliphatic heterocycles. The van der Waals surface area contributed by atoms with E-state index in [0.29, 0.717) is 0 Å². The van der Waals surface area contributed by atoms with Gasteiger partial charge < -0.3 is 0 Å². The Bertz CT molecular complexity index is 922. The van der Waals surface area contributed by atoms with Crippen molar-refractivity contribution in [2.24, 2.45) is 0 Å². The summed E-state index contributed by atoms with van der Waals surface area (Å²) >= 11 is 0. The van der Waals surface area contributed by atoms with Crippen LogP contribution in [0.2, 0.25) is 0 Å². The van der Waals surface area contributed by atoms with E-state index in [4.69, 9.17) is 0 Å². The van der Waals surface area contributed by atoms with Gasteiger partial charge in [-0.1, -0.05) is 41.5 Å². The molecule has 0 saturated carbocycles. The van der Waals surface area contributed by atoms with Crippen molar-refractivity contribution >= 4 is 19.7 Å². The maximum absolute atomic E-state index is 12.2. The van der Waals surface area contributed by atoms with Crippen LogP contribution in [0.15, 0.2) is 69.8 Å². The van der Waals surface area contributed by atoms with Crippen molar-refractivity contribution in [3.63, 3.8) is 0 Å². The molecule has 0 unspecified atom stereocenters. The number of sulfone groups is 2. The van der Waals surface area contributed by atoms with Crippen LogP contribution in [0.4, 0.5) is 0 Å². The average molecular weight is 364 g/mol. The third kappa shape index (κ3) is 4.79. The standard InChI is InChI=1S/C18H20O4S2/c1-15-5-9-17(10-6-15)23(19,20)13-3-4-14-24(21,22)18-11-7-16(2)8-12-18/h3,5-13H,4,14H2,1-2H3/b13-3-. The highest BCUT2D eigenvalue weighted by Gasteiger charge is 2.14. The molecule has 0 aliphatic rings. The highest BCUT2D eigenvalue weighted by Crippen LogP contribution is 2.15. The first-order valence-corrected chi connectivity index (χ1v) is 10.7. The molecule has 0 atom stereocenters. The molecule has 128 valence electrons. The van der Waals surface area contributed by atoms with Crippen LogP contribution >= 0.6 is 0 Å². The molecule has 0 amide bonds. The second-order valence-corrected chi connectivity index (χ2v) is 9.59. The van der Waals surface area contributed by atoms with Gasteiger partial charge in [0.2, 0.25) is 0 Å². The fraction of sp³-hybridized carbons (Fsp3) is 0.222. The molecule has 0 aromatic heterocycles. The Morgan fingerprint density at radius 3 is 1.71 bits per heavy atom. The summed E-state index contributed by atoms with van der Waals surface area (Å²) < 4.78 is 48.7. The lowest BCUT2D eigenvalue weighted by Crippen LogP contribution is -2.06. The zero-order valence-corrected chi connectivity index (χ0v) is 15.3. The smallest absolute Gasteiger partial charge is 0.199 e. The lowest BCUT2D eigenvalue weighted by atomic mass is 10.2. The van der Waals surface area contributed by atoms with Crippen LogP contribution in [0.5, 0.6) is 0 Å². The highest BCUT2D eigenvalue weighted by molar-refractivity contribution is 7.94. The predicted molar refractivity (Wildman–Crippen MR) is 95.4 cm³/mol. The van der Waals surface area contributed by atoms with Crippen LogP contribution in [-0.2, 0) is 19.7 Å². The van der Waals surface area contributed by atoms with Gasteiger partial charge in [-0.25, -0.2) is 16.8 Å². The predicted octanol–water partition coefficient (Wildman–Crippen LogP) is 3.45. The van der Waals surface area contributed by atoms with Crippen LogP contribution in [0.3, 0.4) is 0 Å². The van der Waals surface area contributed by atoms with Gasteiger partial charge in [-0.2, -0.15) is 0 Å². The summed E-state index contributed by atoms with van der Waals surface area (Å²) in [5, 5.41) is 1.07. The maximum atomic E-state index is 12.2. The Morgan fingerprint density at radius 1 is 0.750 bits per heavy atom. The molecule has 0 fully saturated rings. The van der Waals surface area contributed by atoms with Gasteiger partial charge in [-0.15, -0.1) is 0 Å². The maximum Gasteiger partial charge on any atom is 0.199 e. The molecular formula is C18H20O4S2. The SMILES string of the molecule is Cc1ccc(S(=O)(=O)/C=C\CCS(=O)(=O)c2ccc(C)cc2)cc1. The molecule has 4 nitrogen and oxygen atoms in total. The van der Waals surface area contributed by atoms with E-state index in [1.165, 1.54) is 18.2 Å². The van der Waals surface area contributed by atoms with Gasteiger partial charge in [0.05, 0.1) is 15.5 Å². The Balaban J connectivity index is 2.03. The van der Waals surface area contributed by atoms with E-state index in [0.717, 1.165) is 16.5 Å². The molecule has 24 heavy (non-hydrogen) atoms. The molecule has 0 bridgehead atoms. The number of aryl methyl sites for hydroxylation is 2. The van der Waals surface area contributed by atoms with Crippen LogP contribution in [0.25, 0.3) is 0 Å². The second-order valence-electron chi connectivity index (χ2n) is 5.65. The van der Waals surface area contributed by atoms with Gasteiger partial charge in [0, 0.05) is 5.41 Å². The minimum atomic E-state index is -3.54. The van der Waals surface area contributed by atoms with Crippen LogP contribution < -0.4 is 0 Å². The number of hydrogen-bond acceptors (Lipinski definition) is 4. The monoisotopic (exact) mass is 364 g/mol. The quantitative estimate of drug-likeness (QED) is 0.787. The van der Waals surface area contributed by atoms with E-state index >= 15 is 0 Å². The van der Waals surface area contributed by atoms with Crippen molar-refractivity contribution in [1.82, 2.24) is 0 Å². The Labute approximate surface area is 143 Å². The van der Waals surface area contributed by atoms with E-state index in [1.54, 1.807) is 36.4 Å². The molecule has 2 aromatic carbocycles. The van der Waals surface area contributed by atoms with Crippen molar-refractivity contribution in [3.05, 3.63) is 71.1 Å². The normalized spacial score (nSPS) is 12.6. The average Bonchev–Trinajstić information content (AvgIpc) is 2.52. The van der Waals surface area contributed by atoms with Gasteiger partial charge in [0.15, 0.2) is 19.7 Å². The third-order valence-electron chi connectivity index (χ3n) is 3.56. The molecule has 0 saturated heterocycles. The van der Waals surface area contributed by atoms with E-state index in [9.17, 15) is 16.8 Å². The number of hydrogen-bond donors (Lipinski definition) is 0. The zero-order chi connectivity index (χ0) is 17.8. The second kappa shape index (κ2) is 7.32. The summed E-state index contributed by atoms with van der Waals surface area (Å²) in [6, 6.07) is 13.1. The van der Waals surface area contributed by atoms with Gasteiger partial charge in [-0.05, 0) is 44.5 Å². The van der Waals surface area contributed by atoms with Crippen molar-refractivity contribution in [2.45, 2.75) is 30.1 Å². The Kier molecular flexibility index (Phi) is 5.62. The first kappa shape index (κ1) is 18.4. The van der Waals surface area contributed by atoms with Gasteiger partial charge >= 0.3 is 0 Å². The first-order valence-electron chi connectivity index (χ1n) is 7.48. The number of allylic oxidation sites excluding steroid dienone is 1. The van der Waals surface area contributed by atoms with Gasteiger partial charge in [-0.3, -0.25) is 0 Å². The van der Waals surface area contributed by atoms with Crippen molar-refractivity contribution in [3.8, 4) is 0 Å². The molecule has 0 spiro atoms. The molecule has 0 heterocycles. The van der Waals surface area contributed by atoms with Crippen LogP contribution in [-0.4, -0.2) is 22.6 Å². The van der Waals surface area contributed by atoms with E-state index in [2.05, 4.69) is 0 Å². The summed E-state index contributed by atoms with van der Waals surface area (Å²) in [6.07, 6.45) is 1.53. The molecule has 6 heteroatoms. The number of benzene rings is 2. The Hall–Kier alpha value is -1.92. The zero-order valence-electron chi connectivity index (χ0n) is 13.6. The summed E-state index contributed by atoms with van der Waals surface area (Å²) in [6.45, 7) is 3.76. The van der Waals surface area contributed by atoms with Crippen LogP contribution in [0, 0.1) is 13.8 Å². The summed E-state index contributed by atoms with van der Waals surface area (Å²) in [5.41, 5.74) is 1.96. The fourth-order valence-corrected chi connectivity index (χ4v) is 4.38. The largest absolute Gasteiger partial charge is 0.224 e. The lowest BCUT2D eigenvalue weighted by Gasteiger charge is -2.03. The minimum Gasteiger partial charge on any atom is -0.224 e. The van der Waals surface area contributed by atoms with Crippen LogP contribution in [0.1, 0.15) is 17.5 Å². The summed E-state index contributed by atoms with van der Waals surface area (Å²) in [7, 11) is -6.95. The third-order valence-corrected chi connectivity index (χ3v) is 6.80. The van der Waals surface area contributed by atoms with Crippen molar-refractivity contribution in [1.29, 1.82) is 0 Å². The molecular weight excluding hydrogens is 344 g/mol. The van der Waals surface area contributed by atoms with Gasteiger partial charge in [0.25, 0.3) is 0 Å². The van der Waals surface area contributed by atoms with E-state index in [1.807, 2.05) is 13.8 Å². The van der Waals surface area contributed by atoms with E-state index < -0.39 is 19.7 Å². The molecule has 2 aromatic rings. The molecule has 0 N–H and O–H groups in total. The summed E-state index contributed by atoms with van der Waals surface area (Å²) in [5.74, 6) is -0.129. The minimum absolute atomic E-state index is 0.129. The fourth-order valence-electron chi connectivity index (χ4n) is 2.09. The molecule has 0 radical (unpaired) electrons. The summed E-state index contributed by atoms with van der Waals surface area (Å²) in [4.78, 5) is 0.452. The van der Waals surface area contributed by atoms with Gasteiger partial charge in [0.1, 0.15) is 0 Å². The lowest BCUT2D eigenvalue weighted by molar-refractivity contribution is 0.595. The van der Waals surface area contributed by atoms with E-state index in [-0.39, 0.29) is 22.0 Å².